The molecule has 0 saturated heterocycles. The molecular weight excluding hydrogens is 299 g/mol. The third-order valence-corrected chi connectivity index (χ3v) is 3.89. The molecule has 0 saturated carbocycles. The zero-order chi connectivity index (χ0) is 16.0. The molecular formula is C15H17BF4S. The molecule has 0 spiro atoms. The van der Waals surface area contributed by atoms with Crippen molar-refractivity contribution in [1.82, 2.24) is 0 Å². The third kappa shape index (κ3) is 7.23. The van der Waals surface area contributed by atoms with E-state index < -0.39 is 7.25 Å². The highest BCUT2D eigenvalue weighted by Gasteiger charge is 2.20. The molecule has 0 bridgehead atoms. The van der Waals surface area contributed by atoms with E-state index in [4.69, 9.17) is 0 Å². The van der Waals surface area contributed by atoms with Crippen LogP contribution >= 0.6 is 0 Å². The van der Waals surface area contributed by atoms with Crippen molar-refractivity contribution in [2.24, 2.45) is 0 Å². The van der Waals surface area contributed by atoms with Gasteiger partial charge in [-0.05, 0) is 24.1 Å². The largest absolute Gasteiger partial charge is 0.673 e. The third-order valence-electron chi connectivity index (χ3n) is 2.69. The molecule has 0 amide bonds. The predicted octanol–water partition coefficient (Wildman–Crippen LogP) is 5.20. The zero-order valence-corrected chi connectivity index (χ0v) is 12.9. The van der Waals surface area contributed by atoms with Crippen molar-refractivity contribution >= 4 is 18.1 Å². The van der Waals surface area contributed by atoms with Crippen molar-refractivity contribution in [2.75, 3.05) is 12.5 Å². The van der Waals surface area contributed by atoms with E-state index in [0.29, 0.717) is 10.9 Å². The lowest BCUT2D eigenvalue weighted by atomic mass is 10.0. The minimum atomic E-state index is -6.00. The van der Waals surface area contributed by atoms with Crippen molar-refractivity contribution in [2.45, 2.75) is 11.8 Å². The topological polar surface area (TPSA) is 0 Å². The van der Waals surface area contributed by atoms with E-state index in [-0.39, 0.29) is 0 Å². The van der Waals surface area contributed by atoms with Crippen LogP contribution in [0.2, 0.25) is 0 Å². The van der Waals surface area contributed by atoms with Crippen molar-refractivity contribution in [1.29, 1.82) is 0 Å². The number of rotatable bonds is 2. The van der Waals surface area contributed by atoms with Crippen molar-refractivity contribution < 1.29 is 17.3 Å². The van der Waals surface area contributed by atoms with Crippen molar-refractivity contribution in [3.63, 3.8) is 0 Å². The van der Waals surface area contributed by atoms with Crippen LogP contribution in [-0.4, -0.2) is 19.8 Å². The fourth-order valence-corrected chi connectivity index (χ4v) is 2.39. The summed E-state index contributed by atoms with van der Waals surface area (Å²) in [5.74, 6) is 0. The standard InChI is InChI=1S/C15H17S.BF4/c1-12-7-9-13(10-8-12)14-5-4-6-15(11-14)16(2)3;2-1(3,4)5/h4-11H,1-3H3;/q+1;-1. The molecule has 21 heavy (non-hydrogen) atoms. The average molecular weight is 316 g/mol. The molecule has 0 nitrogen and oxygen atoms in total. The van der Waals surface area contributed by atoms with Gasteiger partial charge in [-0.3, -0.25) is 0 Å². The van der Waals surface area contributed by atoms with E-state index in [1.54, 1.807) is 0 Å². The molecule has 0 N–H and O–H groups in total. The first-order chi connectivity index (χ1) is 9.66. The first-order valence-electron chi connectivity index (χ1n) is 6.29. The van der Waals surface area contributed by atoms with Gasteiger partial charge in [0, 0.05) is 17.0 Å². The molecule has 0 aliphatic heterocycles. The summed E-state index contributed by atoms with van der Waals surface area (Å²) < 4.78 is 39.0. The second-order valence-electron chi connectivity index (χ2n) is 4.71. The first-order valence-corrected chi connectivity index (χ1v) is 8.33. The molecule has 0 unspecified atom stereocenters. The SMILES string of the molecule is Cc1ccc(-c2cccc([S+](C)C)c2)cc1.F[B-](F)(F)F. The van der Waals surface area contributed by atoms with Gasteiger partial charge >= 0.3 is 7.25 Å². The summed E-state index contributed by atoms with van der Waals surface area (Å²) in [4.78, 5) is 1.43. The quantitative estimate of drug-likeness (QED) is 0.406. The van der Waals surface area contributed by atoms with Crippen LogP contribution in [0.25, 0.3) is 11.1 Å². The maximum Gasteiger partial charge on any atom is 0.673 e. The summed E-state index contributed by atoms with van der Waals surface area (Å²) in [6, 6.07) is 17.6. The van der Waals surface area contributed by atoms with E-state index in [0.717, 1.165) is 0 Å². The monoisotopic (exact) mass is 316 g/mol. The lowest BCUT2D eigenvalue weighted by Crippen LogP contribution is -2.02. The summed E-state index contributed by atoms with van der Waals surface area (Å²) in [5, 5.41) is 0. The van der Waals surface area contributed by atoms with Gasteiger partial charge in [-0.2, -0.15) is 0 Å². The molecule has 0 fully saturated rings. The maximum atomic E-state index is 9.75. The summed E-state index contributed by atoms with van der Waals surface area (Å²) in [5.41, 5.74) is 3.93. The predicted molar refractivity (Wildman–Crippen MR) is 84.3 cm³/mol. The van der Waals surface area contributed by atoms with Gasteiger partial charge in [0.05, 0.1) is 0 Å². The average Bonchev–Trinajstić information content (AvgIpc) is 2.38. The summed E-state index contributed by atoms with van der Waals surface area (Å²) in [7, 11) is -5.67. The fraction of sp³-hybridized carbons (Fsp3) is 0.200. The summed E-state index contributed by atoms with van der Waals surface area (Å²) in [6.07, 6.45) is 4.52. The Kier molecular flexibility index (Phi) is 6.33. The van der Waals surface area contributed by atoms with E-state index >= 15 is 0 Å². The van der Waals surface area contributed by atoms with Crippen molar-refractivity contribution in [3.05, 3.63) is 54.1 Å². The Hall–Kier alpha value is -1.43. The van der Waals surface area contributed by atoms with Gasteiger partial charge in [0.25, 0.3) is 0 Å². The number of halogens is 4. The Morgan fingerprint density at radius 2 is 1.33 bits per heavy atom. The van der Waals surface area contributed by atoms with E-state index in [1.807, 2.05) is 0 Å². The highest BCUT2D eigenvalue weighted by molar-refractivity contribution is 7.95. The van der Waals surface area contributed by atoms with Crippen LogP contribution < -0.4 is 0 Å². The van der Waals surface area contributed by atoms with Crippen LogP contribution in [0.4, 0.5) is 17.3 Å². The van der Waals surface area contributed by atoms with Crippen LogP contribution in [-0.2, 0) is 10.9 Å². The molecule has 0 aliphatic rings. The van der Waals surface area contributed by atoms with Gasteiger partial charge in [0.15, 0.2) is 4.90 Å². The smallest absolute Gasteiger partial charge is 0.418 e. The van der Waals surface area contributed by atoms with Crippen LogP contribution in [0.5, 0.6) is 0 Å². The van der Waals surface area contributed by atoms with Gasteiger partial charge in [0.1, 0.15) is 12.5 Å². The van der Waals surface area contributed by atoms with E-state index in [2.05, 4.69) is 68.0 Å². The molecule has 2 aromatic rings. The number of benzene rings is 2. The normalized spacial score (nSPS) is 11.0. The molecule has 0 heterocycles. The van der Waals surface area contributed by atoms with Gasteiger partial charge in [0.2, 0.25) is 0 Å². The highest BCUT2D eigenvalue weighted by atomic mass is 32.2. The van der Waals surface area contributed by atoms with Gasteiger partial charge in [-0.1, -0.05) is 42.0 Å². The van der Waals surface area contributed by atoms with E-state index in [9.17, 15) is 17.3 Å². The second-order valence-corrected chi connectivity index (χ2v) is 6.81. The Bertz CT molecular complexity index is 559. The van der Waals surface area contributed by atoms with E-state index in [1.165, 1.54) is 21.6 Å². The Labute approximate surface area is 125 Å². The van der Waals surface area contributed by atoms with Crippen LogP contribution in [0.1, 0.15) is 5.56 Å². The number of hydrogen-bond donors (Lipinski definition) is 0. The highest BCUT2D eigenvalue weighted by Crippen LogP contribution is 2.22. The van der Waals surface area contributed by atoms with Crippen LogP contribution in [0.3, 0.4) is 0 Å². The lowest BCUT2D eigenvalue weighted by molar-refractivity contribution is 0.368. The van der Waals surface area contributed by atoms with Crippen LogP contribution in [0, 0.1) is 6.92 Å². The summed E-state index contributed by atoms with van der Waals surface area (Å²) in [6.45, 7) is 2.12. The summed E-state index contributed by atoms with van der Waals surface area (Å²) >= 11 is 0. The van der Waals surface area contributed by atoms with Crippen LogP contribution in [0.15, 0.2) is 53.4 Å². The van der Waals surface area contributed by atoms with Gasteiger partial charge in [-0.15, -0.1) is 0 Å². The molecule has 0 aliphatic carbocycles. The van der Waals surface area contributed by atoms with Crippen molar-refractivity contribution in [3.8, 4) is 11.1 Å². The molecule has 2 rings (SSSR count). The number of hydrogen-bond acceptors (Lipinski definition) is 0. The minimum absolute atomic E-state index is 0.333. The number of aryl methyl sites for hydroxylation is 1. The molecule has 6 heteroatoms. The fourth-order valence-electron chi connectivity index (χ4n) is 1.68. The Morgan fingerprint density at radius 1 is 0.810 bits per heavy atom. The lowest BCUT2D eigenvalue weighted by Gasteiger charge is -2.03. The molecule has 0 aromatic heterocycles. The molecule has 0 atom stereocenters. The minimum Gasteiger partial charge on any atom is -0.418 e. The zero-order valence-electron chi connectivity index (χ0n) is 12.1. The molecule has 2 aromatic carbocycles. The Balaban J connectivity index is 0.000000383. The van der Waals surface area contributed by atoms with Gasteiger partial charge < -0.3 is 17.3 Å². The Morgan fingerprint density at radius 3 is 1.81 bits per heavy atom. The maximum absolute atomic E-state index is 9.75. The first kappa shape index (κ1) is 17.6. The second kappa shape index (κ2) is 7.55. The molecule has 114 valence electrons. The molecule has 0 radical (unpaired) electrons. The van der Waals surface area contributed by atoms with Gasteiger partial charge in [-0.25, -0.2) is 0 Å².